The number of nitrogens with zero attached hydrogens (tertiary/aromatic N) is 1. The number of rotatable bonds is 5. The first-order chi connectivity index (χ1) is 9.87. The molecule has 1 heterocycles. The lowest BCUT2D eigenvalue weighted by atomic mass is 9.86. The second-order valence-electron chi connectivity index (χ2n) is 5.31. The van der Waals surface area contributed by atoms with Gasteiger partial charge in [0.1, 0.15) is 6.04 Å². The Bertz CT molecular complexity index is 495. The van der Waals surface area contributed by atoms with Crippen molar-refractivity contribution in [2.45, 2.75) is 44.1 Å². The molecular weight excluding hydrogens is 284 g/mol. The van der Waals surface area contributed by atoms with Crippen LogP contribution in [-0.4, -0.2) is 38.9 Å². The predicted molar refractivity (Wildman–Crippen MR) is 68.8 cm³/mol. The minimum atomic E-state index is -2.71. The number of alkyl halides is 2. The van der Waals surface area contributed by atoms with Crippen LogP contribution in [0, 0.1) is 5.92 Å². The minimum Gasteiger partial charge on any atom is -0.480 e. The van der Waals surface area contributed by atoms with Crippen LogP contribution < -0.4 is 5.32 Å². The van der Waals surface area contributed by atoms with E-state index in [1.807, 2.05) is 0 Å². The number of aromatic amines is 1. The maximum absolute atomic E-state index is 13.0. The van der Waals surface area contributed by atoms with E-state index in [4.69, 9.17) is 5.11 Å². The molecule has 2 rings (SSSR count). The van der Waals surface area contributed by atoms with Crippen molar-refractivity contribution >= 4 is 11.9 Å². The van der Waals surface area contributed by atoms with Crippen molar-refractivity contribution in [3.8, 4) is 0 Å². The Hall–Kier alpha value is -1.99. The molecule has 0 aromatic carbocycles. The summed E-state index contributed by atoms with van der Waals surface area (Å²) in [7, 11) is 0. The number of H-pyrrole nitrogens is 1. The third-order valence-corrected chi connectivity index (χ3v) is 3.68. The van der Waals surface area contributed by atoms with Crippen LogP contribution in [0.5, 0.6) is 0 Å². The van der Waals surface area contributed by atoms with Crippen LogP contribution in [0.1, 0.15) is 31.4 Å². The molecule has 8 heteroatoms. The highest BCUT2D eigenvalue weighted by molar-refractivity contribution is 5.85. The van der Waals surface area contributed by atoms with Gasteiger partial charge >= 0.3 is 5.97 Å². The van der Waals surface area contributed by atoms with Crippen LogP contribution >= 0.6 is 0 Å². The molecule has 0 bridgehead atoms. The molecule has 0 saturated heterocycles. The summed E-state index contributed by atoms with van der Waals surface area (Å²) in [6.07, 6.45) is 2.46. The van der Waals surface area contributed by atoms with E-state index in [0.717, 1.165) is 0 Å². The number of carboxylic acids is 1. The summed E-state index contributed by atoms with van der Waals surface area (Å²) in [5.41, 5.74) is 0.581. The lowest BCUT2D eigenvalue weighted by Gasteiger charge is -2.28. The van der Waals surface area contributed by atoms with Crippen molar-refractivity contribution in [3.63, 3.8) is 0 Å². The molecule has 1 fully saturated rings. The van der Waals surface area contributed by atoms with E-state index in [-0.39, 0.29) is 32.1 Å². The standard InChI is InChI=1S/C13H17F2N3O3/c14-13(15)3-1-8(2-4-13)11(19)18-10(12(20)21)5-9-6-16-7-17-9/h6-8,10H,1-5H2,(H,16,17)(H,18,19)(H,20,21)/t10-/m1/s1. The topological polar surface area (TPSA) is 95.1 Å². The Labute approximate surface area is 120 Å². The molecule has 0 radical (unpaired) electrons. The Kier molecular flexibility index (Phi) is 4.54. The Morgan fingerprint density at radius 2 is 2.14 bits per heavy atom. The zero-order valence-electron chi connectivity index (χ0n) is 11.3. The van der Waals surface area contributed by atoms with Crippen molar-refractivity contribution in [3.05, 3.63) is 18.2 Å². The second-order valence-corrected chi connectivity index (χ2v) is 5.31. The highest BCUT2D eigenvalue weighted by atomic mass is 19.3. The Morgan fingerprint density at radius 3 is 2.67 bits per heavy atom. The molecular formula is C13H17F2N3O3. The van der Waals surface area contributed by atoms with Gasteiger partial charge in [0.2, 0.25) is 11.8 Å². The summed E-state index contributed by atoms with van der Waals surface area (Å²) < 4.78 is 26.1. The van der Waals surface area contributed by atoms with Gasteiger partial charge in [-0.05, 0) is 12.8 Å². The number of carboxylic acid groups (broad SMARTS) is 1. The normalized spacial score (nSPS) is 19.9. The van der Waals surface area contributed by atoms with Gasteiger partial charge in [0.25, 0.3) is 0 Å². The average Bonchev–Trinajstić information content (AvgIpc) is 2.90. The van der Waals surface area contributed by atoms with E-state index in [2.05, 4.69) is 15.3 Å². The fourth-order valence-corrected chi connectivity index (χ4v) is 2.41. The maximum atomic E-state index is 13.0. The first kappa shape index (κ1) is 15.4. The van der Waals surface area contributed by atoms with E-state index >= 15 is 0 Å². The van der Waals surface area contributed by atoms with Gasteiger partial charge in [0.05, 0.1) is 6.33 Å². The molecule has 1 aromatic heterocycles. The number of nitrogens with one attached hydrogen (secondary N) is 2. The molecule has 3 N–H and O–H groups in total. The molecule has 116 valence electrons. The van der Waals surface area contributed by atoms with E-state index < -0.39 is 29.8 Å². The average molecular weight is 301 g/mol. The number of hydrogen-bond acceptors (Lipinski definition) is 3. The summed E-state index contributed by atoms with van der Waals surface area (Å²) in [5, 5.41) is 11.6. The van der Waals surface area contributed by atoms with Crippen molar-refractivity contribution in [2.24, 2.45) is 5.92 Å². The van der Waals surface area contributed by atoms with Crippen LogP contribution in [0.2, 0.25) is 0 Å². The monoisotopic (exact) mass is 301 g/mol. The summed E-state index contributed by atoms with van der Waals surface area (Å²) in [5.74, 6) is -4.90. The second kappa shape index (κ2) is 6.19. The van der Waals surface area contributed by atoms with Crippen molar-refractivity contribution in [2.75, 3.05) is 0 Å². The zero-order chi connectivity index (χ0) is 15.5. The fraction of sp³-hybridized carbons (Fsp3) is 0.615. The molecule has 0 unspecified atom stereocenters. The van der Waals surface area contributed by atoms with Crippen molar-refractivity contribution in [1.82, 2.24) is 15.3 Å². The smallest absolute Gasteiger partial charge is 0.326 e. The van der Waals surface area contributed by atoms with Gasteiger partial charge in [-0.25, -0.2) is 18.6 Å². The molecule has 1 saturated carbocycles. The molecule has 1 aliphatic rings. The molecule has 6 nitrogen and oxygen atoms in total. The summed E-state index contributed by atoms with van der Waals surface area (Å²) >= 11 is 0. The highest BCUT2D eigenvalue weighted by Crippen LogP contribution is 2.36. The minimum absolute atomic E-state index is 0.0734. The van der Waals surface area contributed by atoms with E-state index in [9.17, 15) is 18.4 Å². The van der Waals surface area contributed by atoms with Gasteiger partial charge < -0.3 is 15.4 Å². The van der Waals surface area contributed by atoms with Gasteiger partial charge in [0.15, 0.2) is 0 Å². The molecule has 0 spiro atoms. The predicted octanol–water partition coefficient (Wildman–Crippen LogP) is 1.35. The molecule has 1 aromatic rings. The number of aliphatic carboxylic acids is 1. The zero-order valence-corrected chi connectivity index (χ0v) is 11.3. The van der Waals surface area contributed by atoms with E-state index in [0.29, 0.717) is 5.69 Å². The molecule has 1 amide bonds. The summed E-state index contributed by atoms with van der Waals surface area (Å²) in [6, 6.07) is -1.10. The Morgan fingerprint density at radius 1 is 1.48 bits per heavy atom. The van der Waals surface area contributed by atoms with Gasteiger partial charge in [-0.2, -0.15) is 0 Å². The van der Waals surface area contributed by atoms with E-state index in [1.54, 1.807) is 0 Å². The number of halogens is 2. The highest BCUT2D eigenvalue weighted by Gasteiger charge is 2.38. The van der Waals surface area contributed by atoms with Gasteiger partial charge in [0, 0.05) is 37.1 Å². The number of carbonyl (C=O) groups excluding carboxylic acids is 1. The Balaban J connectivity index is 1.91. The van der Waals surface area contributed by atoms with Gasteiger partial charge in [-0.1, -0.05) is 0 Å². The summed E-state index contributed by atoms with van der Waals surface area (Å²) in [6.45, 7) is 0. The van der Waals surface area contributed by atoms with Crippen molar-refractivity contribution in [1.29, 1.82) is 0 Å². The fourth-order valence-electron chi connectivity index (χ4n) is 2.41. The number of imidazole rings is 1. The van der Waals surface area contributed by atoms with Crippen LogP contribution in [0.3, 0.4) is 0 Å². The third kappa shape index (κ3) is 4.24. The first-order valence-corrected chi connectivity index (χ1v) is 6.75. The van der Waals surface area contributed by atoms with Crippen LogP contribution in [0.25, 0.3) is 0 Å². The van der Waals surface area contributed by atoms with Gasteiger partial charge in [-0.15, -0.1) is 0 Å². The molecule has 0 aliphatic heterocycles. The lowest BCUT2D eigenvalue weighted by molar-refractivity contribution is -0.143. The third-order valence-electron chi connectivity index (χ3n) is 3.68. The maximum Gasteiger partial charge on any atom is 0.326 e. The lowest BCUT2D eigenvalue weighted by Crippen LogP contribution is -2.46. The quantitative estimate of drug-likeness (QED) is 0.765. The number of carbonyl (C=O) groups is 2. The van der Waals surface area contributed by atoms with Crippen LogP contribution in [0.4, 0.5) is 8.78 Å². The molecule has 1 aliphatic carbocycles. The first-order valence-electron chi connectivity index (χ1n) is 6.75. The number of hydrogen-bond donors (Lipinski definition) is 3. The number of amides is 1. The van der Waals surface area contributed by atoms with E-state index in [1.165, 1.54) is 12.5 Å². The molecule has 1 atom stereocenters. The summed E-state index contributed by atoms with van der Waals surface area (Å²) in [4.78, 5) is 29.7. The number of aromatic nitrogens is 2. The SMILES string of the molecule is O=C(N[C@H](Cc1cnc[nH]1)C(=O)O)C1CCC(F)(F)CC1. The van der Waals surface area contributed by atoms with Crippen molar-refractivity contribution < 1.29 is 23.5 Å². The largest absolute Gasteiger partial charge is 0.480 e. The van der Waals surface area contributed by atoms with Crippen LogP contribution in [-0.2, 0) is 16.0 Å². The van der Waals surface area contributed by atoms with Crippen LogP contribution in [0.15, 0.2) is 12.5 Å². The molecule has 21 heavy (non-hydrogen) atoms. The van der Waals surface area contributed by atoms with Gasteiger partial charge in [-0.3, -0.25) is 4.79 Å².